The van der Waals surface area contributed by atoms with Gasteiger partial charge in [0, 0.05) is 26.1 Å². The highest BCUT2D eigenvalue weighted by molar-refractivity contribution is 7.89. The lowest BCUT2D eigenvalue weighted by Crippen LogP contribution is -2.37. The van der Waals surface area contributed by atoms with E-state index in [0.717, 1.165) is 32.4 Å². The van der Waals surface area contributed by atoms with Gasteiger partial charge in [-0.15, -0.1) is 0 Å². The van der Waals surface area contributed by atoms with Gasteiger partial charge in [-0.3, -0.25) is 4.79 Å². The molecular formula is C14H20N2O4S. The highest BCUT2D eigenvalue weighted by Gasteiger charge is 2.18. The first-order valence-corrected chi connectivity index (χ1v) is 8.54. The number of piperidine rings is 1. The van der Waals surface area contributed by atoms with Gasteiger partial charge < -0.3 is 10.0 Å². The van der Waals surface area contributed by atoms with E-state index in [9.17, 15) is 18.3 Å². The smallest absolute Gasteiger partial charge is 0.240 e. The average Bonchev–Trinajstić information content (AvgIpc) is 2.48. The Bertz CT molecular complexity index is 595. The summed E-state index contributed by atoms with van der Waals surface area (Å²) >= 11 is 0. The molecule has 1 saturated heterocycles. The van der Waals surface area contributed by atoms with Crippen LogP contribution in [0.15, 0.2) is 29.2 Å². The molecule has 6 nitrogen and oxygen atoms in total. The number of phenolic OH excluding ortho intramolecular Hbond substituents is 1. The van der Waals surface area contributed by atoms with Crippen molar-refractivity contribution in [3.05, 3.63) is 24.3 Å². The fraction of sp³-hybridized carbons (Fsp3) is 0.500. The van der Waals surface area contributed by atoms with Crippen molar-refractivity contribution < 1.29 is 18.3 Å². The Balaban J connectivity index is 1.86. The fourth-order valence-electron chi connectivity index (χ4n) is 2.33. The summed E-state index contributed by atoms with van der Waals surface area (Å²) in [4.78, 5) is 13.7. The van der Waals surface area contributed by atoms with E-state index in [0.29, 0.717) is 0 Å². The summed E-state index contributed by atoms with van der Waals surface area (Å²) in [5, 5.41) is 9.31. The molecule has 1 aromatic rings. The minimum absolute atomic E-state index is 0.00655. The van der Waals surface area contributed by atoms with Crippen molar-refractivity contribution in [2.45, 2.75) is 30.6 Å². The van der Waals surface area contributed by atoms with Gasteiger partial charge in [0.25, 0.3) is 0 Å². The third kappa shape index (κ3) is 4.44. The molecular weight excluding hydrogens is 292 g/mol. The van der Waals surface area contributed by atoms with Crippen molar-refractivity contribution in [3.63, 3.8) is 0 Å². The van der Waals surface area contributed by atoms with Gasteiger partial charge in [0.2, 0.25) is 15.9 Å². The third-order valence-electron chi connectivity index (χ3n) is 3.47. The van der Waals surface area contributed by atoms with Crippen LogP contribution < -0.4 is 4.72 Å². The molecule has 2 N–H and O–H groups in total. The van der Waals surface area contributed by atoms with Crippen LogP contribution in [0.1, 0.15) is 25.7 Å². The number of nitrogens with zero attached hydrogens (tertiary/aromatic N) is 1. The predicted molar refractivity (Wildman–Crippen MR) is 78.3 cm³/mol. The highest BCUT2D eigenvalue weighted by atomic mass is 32.2. The average molecular weight is 312 g/mol. The van der Waals surface area contributed by atoms with Crippen LogP contribution in [-0.2, 0) is 14.8 Å². The van der Waals surface area contributed by atoms with Crippen LogP contribution in [0, 0.1) is 0 Å². The van der Waals surface area contributed by atoms with E-state index in [2.05, 4.69) is 4.72 Å². The topological polar surface area (TPSA) is 86.7 Å². The highest BCUT2D eigenvalue weighted by Crippen LogP contribution is 2.15. The Hall–Kier alpha value is -1.60. The number of carbonyl (C=O) groups excluding carboxylic acids is 1. The quantitative estimate of drug-likeness (QED) is 0.851. The molecule has 116 valence electrons. The molecule has 0 radical (unpaired) electrons. The molecule has 1 aliphatic heterocycles. The van der Waals surface area contributed by atoms with Crippen LogP contribution in [0.5, 0.6) is 5.75 Å². The van der Waals surface area contributed by atoms with E-state index in [1.165, 1.54) is 24.3 Å². The van der Waals surface area contributed by atoms with E-state index in [-0.39, 0.29) is 29.5 Å². The van der Waals surface area contributed by atoms with Crippen LogP contribution >= 0.6 is 0 Å². The largest absolute Gasteiger partial charge is 0.508 e. The summed E-state index contributed by atoms with van der Waals surface area (Å²) in [6.07, 6.45) is 3.33. The summed E-state index contributed by atoms with van der Waals surface area (Å²) in [5.74, 6) is -0.129. The zero-order valence-electron chi connectivity index (χ0n) is 11.8. The lowest BCUT2D eigenvalue weighted by atomic mass is 10.1. The van der Waals surface area contributed by atoms with Crippen LogP contribution in [0.4, 0.5) is 0 Å². The maximum atomic E-state index is 12.0. The first-order valence-electron chi connectivity index (χ1n) is 7.05. The maximum Gasteiger partial charge on any atom is 0.240 e. The summed E-state index contributed by atoms with van der Waals surface area (Å²) in [7, 11) is -3.69. The van der Waals surface area contributed by atoms with Crippen LogP contribution in [0.25, 0.3) is 0 Å². The van der Waals surface area contributed by atoms with E-state index < -0.39 is 10.0 Å². The second kappa shape index (κ2) is 6.91. The second-order valence-corrected chi connectivity index (χ2v) is 6.85. The number of nitrogens with one attached hydrogen (secondary N) is 1. The molecule has 0 spiro atoms. The van der Waals surface area contributed by atoms with Gasteiger partial charge in [0.05, 0.1) is 4.90 Å². The molecule has 7 heteroatoms. The van der Waals surface area contributed by atoms with Gasteiger partial charge in [-0.25, -0.2) is 13.1 Å². The number of sulfonamides is 1. The van der Waals surface area contributed by atoms with Crippen molar-refractivity contribution in [3.8, 4) is 5.75 Å². The number of amides is 1. The van der Waals surface area contributed by atoms with Crippen molar-refractivity contribution in [1.29, 1.82) is 0 Å². The molecule has 0 atom stereocenters. The normalized spacial score (nSPS) is 15.9. The SMILES string of the molecule is O=C(CCNS(=O)(=O)c1cccc(O)c1)N1CCCCC1. The molecule has 1 fully saturated rings. The number of aromatic hydroxyl groups is 1. The molecule has 0 aromatic heterocycles. The molecule has 1 aromatic carbocycles. The lowest BCUT2D eigenvalue weighted by molar-refractivity contribution is -0.131. The molecule has 1 aliphatic rings. The van der Waals surface area contributed by atoms with E-state index >= 15 is 0 Å². The van der Waals surface area contributed by atoms with Gasteiger partial charge >= 0.3 is 0 Å². The Morgan fingerprint density at radius 1 is 1.24 bits per heavy atom. The van der Waals surface area contributed by atoms with Gasteiger partial charge in [-0.05, 0) is 37.5 Å². The zero-order chi connectivity index (χ0) is 15.3. The number of benzene rings is 1. The summed E-state index contributed by atoms with van der Waals surface area (Å²) in [5.41, 5.74) is 0. The number of hydrogen-bond acceptors (Lipinski definition) is 4. The van der Waals surface area contributed by atoms with Crippen molar-refractivity contribution in [2.24, 2.45) is 0 Å². The molecule has 0 unspecified atom stereocenters. The van der Waals surface area contributed by atoms with E-state index in [1.807, 2.05) is 0 Å². The van der Waals surface area contributed by atoms with Crippen LogP contribution in [-0.4, -0.2) is 44.0 Å². The Labute approximate surface area is 124 Å². The Morgan fingerprint density at radius 2 is 1.95 bits per heavy atom. The number of hydrogen-bond donors (Lipinski definition) is 2. The van der Waals surface area contributed by atoms with E-state index in [4.69, 9.17) is 0 Å². The maximum absolute atomic E-state index is 12.0. The Kier molecular flexibility index (Phi) is 5.19. The van der Waals surface area contributed by atoms with Crippen molar-refractivity contribution in [1.82, 2.24) is 9.62 Å². The molecule has 2 rings (SSSR count). The predicted octanol–water partition coefficient (Wildman–Crippen LogP) is 1.07. The molecule has 21 heavy (non-hydrogen) atoms. The number of carbonyl (C=O) groups is 1. The minimum atomic E-state index is -3.69. The number of rotatable bonds is 5. The second-order valence-electron chi connectivity index (χ2n) is 5.09. The monoisotopic (exact) mass is 312 g/mol. The number of phenols is 1. The first kappa shape index (κ1) is 15.8. The summed E-state index contributed by atoms with van der Waals surface area (Å²) in [6.45, 7) is 1.59. The molecule has 0 aliphatic carbocycles. The van der Waals surface area contributed by atoms with Gasteiger partial charge in [0.15, 0.2) is 0 Å². The van der Waals surface area contributed by atoms with E-state index in [1.54, 1.807) is 4.90 Å². The van der Waals surface area contributed by atoms with Crippen LogP contribution in [0.3, 0.4) is 0 Å². The molecule has 1 heterocycles. The minimum Gasteiger partial charge on any atom is -0.508 e. The standard InChI is InChI=1S/C14H20N2O4S/c17-12-5-4-6-13(11-12)21(19,20)15-8-7-14(18)16-9-2-1-3-10-16/h4-6,11,15,17H,1-3,7-10H2. The number of likely N-dealkylation sites (tertiary alicyclic amines) is 1. The summed E-state index contributed by atoms with van der Waals surface area (Å²) in [6, 6.07) is 5.44. The van der Waals surface area contributed by atoms with Gasteiger partial charge in [0.1, 0.15) is 5.75 Å². The molecule has 0 saturated carbocycles. The van der Waals surface area contributed by atoms with Gasteiger partial charge in [-0.1, -0.05) is 6.07 Å². The molecule has 0 bridgehead atoms. The zero-order valence-corrected chi connectivity index (χ0v) is 12.6. The van der Waals surface area contributed by atoms with Gasteiger partial charge in [-0.2, -0.15) is 0 Å². The third-order valence-corrected chi connectivity index (χ3v) is 4.93. The Morgan fingerprint density at radius 3 is 2.62 bits per heavy atom. The van der Waals surface area contributed by atoms with Crippen molar-refractivity contribution >= 4 is 15.9 Å². The van der Waals surface area contributed by atoms with Crippen molar-refractivity contribution in [2.75, 3.05) is 19.6 Å². The molecule has 1 amide bonds. The summed E-state index contributed by atoms with van der Waals surface area (Å²) < 4.78 is 26.4. The lowest BCUT2D eigenvalue weighted by Gasteiger charge is -2.26. The fourth-order valence-corrected chi connectivity index (χ4v) is 3.40. The first-order chi connectivity index (χ1) is 9.99. The van der Waals surface area contributed by atoms with Crippen LogP contribution in [0.2, 0.25) is 0 Å².